The molecule has 1 heterocycles. The Kier molecular flexibility index (Phi) is 11.0. The lowest BCUT2D eigenvalue weighted by molar-refractivity contribution is -0.139. The van der Waals surface area contributed by atoms with Crippen molar-refractivity contribution >= 4 is 17.8 Å². The first-order valence-corrected chi connectivity index (χ1v) is 15.0. The van der Waals surface area contributed by atoms with Gasteiger partial charge in [-0.3, -0.25) is 14.5 Å². The molecule has 2 aromatic rings. The summed E-state index contributed by atoms with van der Waals surface area (Å²) in [5.41, 5.74) is 1.07. The fourth-order valence-corrected chi connectivity index (χ4v) is 4.88. The van der Waals surface area contributed by atoms with Crippen molar-refractivity contribution < 1.29 is 28.6 Å². The summed E-state index contributed by atoms with van der Waals surface area (Å²) >= 11 is 0. The summed E-state index contributed by atoms with van der Waals surface area (Å²) in [6, 6.07) is 16.3. The van der Waals surface area contributed by atoms with Crippen LogP contribution in [0, 0.1) is 5.92 Å². The van der Waals surface area contributed by atoms with E-state index in [1.54, 1.807) is 32.6 Å². The molecule has 0 bridgehead atoms. The fraction of sp³-hybridized carbons (Fsp3) is 0.545. The molecule has 0 unspecified atom stereocenters. The second-order valence-corrected chi connectivity index (χ2v) is 12.2. The maximum absolute atomic E-state index is 13.6. The minimum absolute atomic E-state index is 0.173. The molecule has 0 aromatic heterocycles. The zero-order valence-electron chi connectivity index (χ0n) is 25.3. The summed E-state index contributed by atoms with van der Waals surface area (Å²) in [6.45, 7) is 11.5. The highest BCUT2D eigenvalue weighted by Gasteiger charge is 2.34. The van der Waals surface area contributed by atoms with Gasteiger partial charge in [-0.15, -0.1) is 0 Å². The molecule has 0 spiro atoms. The van der Waals surface area contributed by atoms with Gasteiger partial charge in [-0.2, -0.15) is 0 Å². The number of nitrogens with zero attached hydrogens (tertiary/aromatic N) is 2. The summed E-state index contributed by atoms with van der Waals surface area (Å²) < 4.78 is 17.4. The number of rotatable bonds is 13. The van der Waals surface area contributed by atoms with Crippen molar-refractivity contribution in [3.63, 3.8) is 0 Å². The molecule has 2 aliphatic rings. The maximum Gasteiger partial charge on any atom is 0.408 e. The SMILES string of the molecule is C[C@H](OCc1ccccc1)[C@@H](NC(=O)OC(C)(C)C)C(=O)N1CCN(CCCOc2ccc(C(=O)C3CC3)cc2)CC1. The third kappa shape index (κ3) is 9.84. The molecule has 42 heavy (non-hydrogen) atoms. The van der Waals surface area contributed by atoms with E-state index in [0.717, 1.165) is 55.8 Å². The Balaban J connectivity index is 1.22. The predicted molar refractivity (Wildman–Crippen MR) is 160 cm³/mol. The number of hydrogen-bond donors (Lipinski definition) is 1. The number of carbonyl (C=O) groups excluding carboxylic acids is 3. The average molecular weight is 580 g/mol. The molecule has 1 saturated carbocycles. The Morgan fingerprint density at radius 1 is 0.952 bits per heavy atom. The second kappa shape index (κ2) is 14.6. The molecule has 1 N–H and O–H groups in total. The van der Waals surface area contributed by atoms with Crippen LogP contribution in [0.1, 0.15) is 62.9 Å². The highest BCUT2D eigenvalue weighted by molar-refractivity contribution is 5.99. The van der Waals surface area contributed by atoms with Crippen LogP contribution in [0.15, 0.2) is 54.6 Å². The number of carbonyl (C=O) groups is 3. The molecular weight excluding hydrogens is 534 g/mol. The summed E-state index contributed by atoms with van der Waals surface area (Å²) in [4.78, 5) is 42.5. The third-order valence-electron chi connectivity index (χ3n) is 7.42. The molecule has 4 rings (SSSR count). The van der Waals surface area contributed by atoms with Crippen molar-refractivity contribution in [3.05, 3.63) is 65.7 Å². The fourth-order valence-electron chi connectivity index (χ4n) is 4.88. The van der Waals surface area contributed by atoms with E-state index in [9.17, 15) is 14.4 Å². The van der Waals surface area contributed by atoms with Gasteiger partial charge in [-0.1, -0.05) is 30.3 Å². The smallest absolute Gasteiger partial charge is 0.408 e. The van der Waals surface area contributed by atoms with Crippen LogP contribution in [-0.4, -0.2) is 84.7 Å². The van der Waals surface area contributed by atoms with Crippen molar-refractivity contribution in [2.45, 2.75) is 71.3 Å². The molecule has 228 valence electrons. The van der Waals surface area contributed by atoms with E-state index in [4.69, 9.17) is 14.2 Å². The second-order valence-electron chi connectivity index (χ2n) is 12.2. The van der Waals surface area contributed by atoms with Gasteiger partial charge < -0.3 is 24.4 Å². The predicted octanol–water partition coefficient (Wildman–Crippen LogP) is 4.69. The minimum Gasteiger partial charge on any atom is -0.494 e. The minimum atomic E-state index is -0.866. The Morgan fingerprint density at radius 3 is 2.24 bits per heavy atom. The summed E-state index contributed by atoms with van der Waals surface area (Å²) in [5.74, 6) is 1.05. The summed E-state index contributed by atoms with van der Waals surface area (Å²) in [7, 11) is 0. The van der Waals surface area contributed by atoms with Crippen molar-refractivity contribution in [3.8, 4) is 5.75 Å². The maximum atomic E-state index is 13.6. The van der Waals surface area contributed by atoms with Crippen LogP contribution in [0.3, 0.4) is 0 Å². The van der Waals surface area contributed by atoms with E-state index in [-0.39, 0.29) is 17.6 Å². The van der Waals surface area contributed by atoms with Gasteiger partial charge in [-0.25, -0.2) is 4.79 Å². The van der Waals surface area contributed by atoms with Gasteiger partial charge in [0.2, 0.25) is 5.91 Å². The Bertz CT molecular complexity index is 1170. The monoisotopic (exact) mass is 579 g/mol. The molecule has 2 atom stereocenters. The zero-order valence-corrected chi connectivity index (χ0v) is 25.3. The molecule has 0 radical (unpaired) electrons. The number of ether oxygens (including phenoxy) is 3. The first-order chi connectivity index (χ1) is 20.1. The number of piperazine rings is 1. The van der Waals surface area contributed by atoms with E-state index >= 15 is 0 Å². The molecule has 9 heteroatoms. The lowest BCUT2D eigenvalue weighted by atomic mass is 10.1. The van der Waals surface area contributed by atoms with E-state index < -0.39 is 23.8 Å². The van der Waals surface area contributed by atoms with Gasteiger partial charge in [0.05, 0.1) is 19.3 Å². The third-order valence-corrected chi connectivity index (χ3v) is 7.42. The molecule has 2 amide bonds. The Hall–Kier alpha value is -3.43. The number of benzene rings is 2. The Labute approximate surface area is 249 Å². The summed E-state index contributed by atoms with van der Waals surface area (Å²) in [5, 5.41) is 2.77. The number of amides is 2. The van der Waals surface area contributed by atoms with E-state index in [2.05, 4.69) is 10.2 Å². The van der Waals surface area contributed by atoms with Gasteiger partial charge in [0, 0.05) is 44.2 Å². The van der Waals surface area contributed by atoms with Gasteiger partial charge in [0.15, 0.2) is 5.78 Å². The molecule has 1 aliphatic heterocycles. The zero-order chi connectivity index (χ0) is 30.1. The topological polar surface area (TPSA) is 97.4 Å². The van der Waals surface area contributed by atoms with Crippen molar-refractivity contribution in [1.82, 2.24) is 15.1 Å². The van der Waals surface area contributed by atoms with Crippen molar-refractivity contribution in [2.24, 2.45) is 5.92 Å². The molecule has 9 nitrogen and oxygen atoms in total. The molecular formula is C33H45N3O6. The number of ketones is 1. The van der Waals surface area contributed by atoms with Gasteiger partial charge in [-0.05, 0) is 76.8 Å². The lowest BCUT2D eigenvalue weighted by Gasteiger charge is -2.37. The summed E-state index contributed by atoms with van der Waals surface area (Å²) in [6.07, 6.45) is 1.67. The highest BCUT2D eigenvalue weighted by atomic mass is 16.6. The van der Waals surface area contributed by atoms with Crippen LogP contribution < -0.4 is 10.1 Å². The number of nitrogens with one attached hydrogen (secondary N) is 1. The first kappa shape index (κ1) is 31.5. The normalized spacial score (nSPS) is 17.3. The van der Waals surface area contributed by atoms with Crippen LogP contribution in [0.4, 0.5) is 4.79 Å². The average Bonchev–Trinajstić information content (AvgIpc) is 3.82. The number of hydrogen-bond acceptors (Lipinski definition) is 7. The van der Waals surface area contributed by atoms with Crippen molar-refractivity contribution in [2.75, 3.05) is 39.3 Å². The van der Waals surface area contributed by atoms with Crippen LogP contribution >= 0.6 is 0 Å². The molecule has 1 saturated heterocycles. The quantitative estimate of drug-likeness (QED) is 0.272. The highest BCUT2D eigenvalue weighted by Crippen LogP contribution is 2.32. The van der Waals surface area contributed by atoms with Crippen molar-refractivity contribution in [1.29, 1.82) is 0 Å². The van der Waals surface area contributed by atoms with E-state index in [1.165, 1.54) is 0 Å². The number of Topliss-reactive ketones (excluding diaryl/α,β-unsaturated/α-hetero) is 1. The standard InChI is InChI=1S/C33H45N3O6/c1-24(41-23-25-9-6-5-7-10-25)29(34-32(39)42-33(2,3)4)31(38)36-20-18-35(19-21-36)17-8-22-40-28-15-13-27(14-16-28)30(37)26-11-12-26/h5-7,9-10,13-16,24,26,29H,8,11-12,17-23H2,1-4H3,(H,34,39)/t24-,29+/m0/s1. The Morgan fingerprint density at radius 2 is 1.62 bits per heavy atom. The van der Waals surface area contributed by atoms with Crippen LogP contribution in [0.2, 0.25) is 0 Å². The van der Waals surface area contributed by atoms with Gasteiger partial charge >= 0.3 is 6.09 Å². The molecule has 2 aromatic carbocycles. The van der Waals surface area contributed by atoms with Gasteiger partial charge in [0.25, 0.3) is 0 Å². The van der Waals surface area contributed by atoms with Gasteiger partial charge in [0.1, 0.15) is 17.4 Å². The largest absolute Gasteiger partial charge is 0.494 e. The van der Waals surface area contributed by atoms with E-state index in [0.29, 0.717) is 26.3 Å². The van der Waals surface area contributed by atoms with E-state index in [1.807, 2.05) is 54.6 Å². The number of alkyl carbamates (subject to hydrolysis) is 1. The van der Waals surface area contributed by atoms with Crippen LogP contribution in [-0.2, 0) is 20.9 Å². The first-order valence-electron chi connectivity index (χ1n) is 15.0. The lowest BCUT2D eigenvalue weighted by Crippen LogP contribution is -2.58. The van der Waals surface area contributed by atoms with Crippen LogP contribution in [0.5, 0.6) is 5.75 Å². The molecule has 1 aliphatic carbocycles. The van der Waals surface area contributed by atoms with Crippen LogP contribution in [0.25, 0.3) is 0 Å². The molecule has 2 fully saturated rings.